The zero-order valence-corrected chi connectivity index (χ0v) is 11.5. The molecule has 4 nitrogen and oxygen atoms in total. The van der Waals surface area contributed by atoms with E-state index in [4.69, 9.17) is 4.74 Å². The lowest BCUT2D eigenvalue weighted by molar-refractivity contribution is -0.123. The standard InChI is InChI=1S/C14H19F2NO3/c1-9(2)20-7-6-13(19)17-8-12(18)14-10(15)4-3-5-11(14)16/h3-5,9,12,18H,6-8H2,1-2H3,(H,17,19)/t12-/m1/s1. The van der Waals surface area contributed by atoms with E-state index in [1.54, 1.807) is 0 Å². The Bertz CT molecular complexity index is 432. The third-order valence-corrected chi connectivity index (χ3v) is 2.61. The van der Waals surface area contributed by atoms with Crippen molar-refractivity contribution in [2.24, 2.45) is 0 Å². The third-order valence-electron chi connectivity index (χ3n) is 2.61. The zero-order chi connectivity index (χ0) is 15.1. The molecule has 0 spiro atoms. The Kier molecular flexibility index (Phi) is 6.54. The van der Waals surface area contributed by atoms with Gasteiger partial charge in [-0.05, 0) is 26.0 Å². The highest BCUT2D eigenvalue weighted by atomic mass is 19.1. The van der Waals surface area contributed by atoms with Crippen LogP contribution in [0, 0.1) is 11.6 Å². The summed E-state index contributed by atoms with van der Waals surface area (Å²) in [7, 11) is 0. The van der Waals surface area contributed by atoms with Gasteiger partial charge < -0.3 is 15.2 Å². The number of benzene rings is 1. The normalized spacial score (nSPS) is 12.5. The lowest BCUT2D eigenvalue weighted by Crippen LogP contribution is -2.30. The highest BCUT2D eigenvalue weighted by Gasteiger charge is 2.18. The van der Waals surface area contributed by atoms with Crippen LogP contribution in [0.15, 0.2) is 18.2 Å². The van der Waals surface area contributed by atoms with Crippen molar-refractivity contribution in [2.75, 3.05) is 13.2 Å². The molecule has 1 rings (SSSR count). The maximum atomic E-state index is 13.4. The zero-order valence-electron chi connectivity index (χ0n) is 11.5. The fourth-order valence-corrected chi connectivity index (χ4v) is 1.62. The molecule has 0 saturated carbocycles. The van der Waals surface area contributed by atoms with Crippen molar-refractivity contribution in [1.82, 2.24) is 5.32 Å². The first-order valence-corrected chi connectivity index (χ1v) is 6.42. The Labute approximate surface area is 116 Å². The van der Waals surface area contributed by atoms with Crippen LogP contribution >= 0.6 is 0 Å². The van der Waals surface area contributed by atoms with Gasteiger partial charge in [0.25, 0.3) is 0 Å². The van der Waals surface area contributed by atoms with Gasteiger partial charge in [0.1, 0.15) is 17.7 Å². The smallest absolute Gasteiger partial charge is 0.222 e. The van der Waals surface area contributed by atoms with E-state index in [2.05, 4.69) is 5.32 Å². The topological polar surface area (TPSA) is 58.6 Å². The minimum absolute atomic E-state index is 0.0286. The van der Waals surface area contributed by atoms with E-state index < -0.39 is 23.3 Å². The van der Waals surface area contributed by atoms with Gasteiger partial charge in [-0.25, -0.2) is 8.78 Å². The van der Waals surface area contributed by atoms with E-state index in [-0.39, 0.29) is 31.6 Å². The van der Waals surface area contributed by atoms with E-state index in [1.807, 2.05) is 13.8 Å². The van der Waals surface area contributed by atoms with Crippen LogP contribution in [0.5, 0.6) is 0 Å². The predicted molar refractivity (Wildman–Crippen MR) is 70.0 cm³/mol. The summed E-state index contributed by atoms with van der Waals surface area (Å²) < 4.78 is 32.0. The van der Waals surface area contributed by atoms with Crippen LogP contribution in [-0.2, 0) is 9.53 Å². The Morgan fingerprint density at radius 3 is 2.50 bits per heavy atom. The Morgan fingerprint density at radius 2 is 1.95 bits per heavy atom. The number of carbonyl (C=O) groups is 1. The molecule has 0 heterocycles. The summed E-state index contributed by atoms with van der Waals surface area (Å²) in [5.74, 6) is -2.02. The molecule has 2 N–H and O–H groups in total. The number of aliphatic hydroxyl groups is 1. The first-order chi connectivity index (χ1) is 9.41. The molecule has 1 aromatic carbocycles. The molecule has 0 unspecified atom stereocenters. The maximum Gasteiger partial charge on any atom is 0.222 e. The van der Waals surface area contributed by atoms with E-state index in [0.717, 1.165) is 12.1 Å². The van der Waals surface area contributed by atoms with E-state index >= 15 is 0 Å². The number of hydrogen-bond acceptors (Lipinski definition) is 3. The van der Waals surface area contributed by atoms with Crippen LogP contribution in [0.25, 0.3) is 0 Å². The molecule has 0 aromatic heterocycles. The van der Waals surface area contributed by atoms with Crippen molar-refractivity contribution in [3.8, 4) is 0 Å². The average Bonchev–Trinajstić information content (AvgIpc) is 2.35. The SMILES string of the molecule is CC(C)OCCC(=O)NC[C@@H](O)c1c(F)cccc1F. The summed E-state index contributed by atoms with van der Waals surface area (Å²) in [5, 5.41) is 12.1. The lowest BCUT2D eigenvalue weighted by atomic mass is 10.1. The fourth-order valence-electron chi connectivity index (χ4n) is 1.62. The Balaban J connectivity index is 2.43. The van der Waals surface area contributed by atoms with Crippen molar-refractivity contribution in [1.29, 1.82) is 0 Å². The molecule has 1 aromatic rings. The molecule has 1 atom stereocenters. The predicted octanol–water partition coefficient (Wildman–Crippen LogP) is 1.93. The van der Waals surface area contributed by atoms with Crippen LogP contribution in [0.3, 0.4) is 0 Å². The van der Waals surface area contributed by atoms with E-state index in [0.29, 0.717) is 0 Å². The van der Waals surface area contributed by atoms with Crippen molar-refractivity contribution >= 4 is 5.91 Å². The molecule has 0 bridgehead atoms. The van der Waals surface area contributed by atoms with Crippen LogP contribution < -0.4 is 5.32 Å². The summed E-state index contributed by atoms with van der Waals surface area (Å²) in [5.41, 5.74) is -0.439. The fraction of sp³-hybridized carbons (Fsp3) is 0.500. The minimum atomic E-state index is -1.42. The van der Waals surface area contributed by atoms with Crippen LogP contribution in [0.2, 0.25) is 0 Å². The first-order valence-electron chi connectivity index (χ1n) is 6.42. The van der Waals surface area contributed by atoms with Crippen LogP contribution in [0.4, 0.5) is 8.78 Å². The van der Waals surface area contributed by atoms with Gasteiger partial charge in [0.15, 0.2) is 0 Å². The maximum absolute atomic E-state index is 13.4. The van der Waals surface area contributed by atoms with Gasteiger partial charge in [-0.2, -0.15) is 0 Å². The molecule has 0 saturated heterocycles. The van der Waals surface area contributed by atoms with Gasteiger partial charge in [-0.1, -0.05) is 6.07 Å². The summed E-state index contributed by atoms with van der Waals surface area (Å²) in [6, 6.07) is 3.32. The second kappa shape index (κ2) is 7.91. The molecular weight excluding hydrogens is 268 g/mol. The second-order valence-electron chi connectivity index (χ2n) is 4.62. The number of hydrogen-bond donors (Lipinski definition) is 2. The summed E-state index contributed by atoms with van der Waals surface area (Å²) in [6.45, 7) is 3.71. The molecule has 0 aliphatic heterocycles. The average molecular weight is 287 g/mol. The van der Waals surface area contributed by atoms with Crippen molar-refractivity contribution in [3.63, 3.8) is 0 Å². The first kappa shape index (κ1) is 16.5. The Hall–Kier alpha value is -1.53. The van der Waals surface area contributed by atoms with Crippen molar-refractivity contribution in [2.45, 2.75) is 32.5 Å². The number of aliphatic hydroxyl groups excluding tert-OH is 1. The van der Waals surface area contributed by atoms with Gasteiger partial charge in [-0.15, -0.1) is 0 Å². The highest BCUT2D eigenvalue weighted by Crippen LogP contribution is 2.19. The summed E-state index contributed by atoms with van der Waals surface area (Å²) in [4.78, 5) is 11.4. The number of ether oxygens (including phenoxy) is 1. The molecule has 0 fully saturated rings. The minimum Gasteiger partial charge on any atom is -0.386 e. The van der Waals surface area contributed by atoms with Crippen molar-refractivity contribution in [3.05, 3.63) is 35.4 Å². The van der Waals surface area contributed by atoms with Gasteiger partial charge in [0.2, 0.25) is 5.91 Å². The second-order valence-corrected chi connectivity index (χ2v) is 4.62. The Morgan fingerprint density at radius 1 is 1.35 bits per heavy atom. The number of rotatable bonds is 7. The lowest BCUT2D eigenvalue weighted by Gasteiger charge is -2.14. The van der Waals surface area contributed by atoms with E-state index in [1.165, 1.54) is 6.07 Å². The molecule has 112 valence electrons. The number of carbonyl (C=O) groups excluding carboxylic acids is 1. The molecule has 0 radical (unpaired) electrons. The number of halogens is 2. The number of amides is 1. The molecule has 6 heteroatoms. The molecule has 20 heavy (non-hydrogen) atoms. The molecular formula is C14H19F2NO3. The van der Waals surface area contributed by atoms with Gasteiger partial charge in [0, 0.05) is 13.0 Å². The largest absolute Gasteiger partial charge is 0.386 e. The van der Waals surface area contributed by atoms with Crippen molar-refractivity contribution < 1.29 is 23.4 Å². The van der Waals surface area contributed by atoms with Gasteiger partial charge in [-0.3, -0.25) is 4.79 Å². The molecule has 1 amide bonds. The number of nitrogens with one attached hydrogen (secondary N) is 1. The van der Waals surface area contributed by atoms with E-state index in [9.17, 15) is 18.7 Å². The molecule has 0 aliphatic rings. The molecule has 0 aliphatic carbocycles. The quantitative estimate of drug-likeness (QED) is 0.805. The summed E-state index contributed by atoms with van der Waals surface area (Å²) >= 11 is 0. The van der Waals surface area contributed by atoms with Crippen LogP contribution in [0.1, 0.15) is 31.9 Å². The highest BCUT2D eigenvalue weighted by molar-refractivity contribution is 5.76. The van der Waals surface area contributed by atoms with Gasteiger partial charge in [0.05, 0.1) is 18.3 Å². The van der Waals surface area contributed by atoms with Crippen LogP contribution in [-0.4, -0.2) is 30.3 Å². The third kappa shape index (κ3) is 5.22. The monoisotopic (exact) mass is 287 g/mol. The van der Waals surface area contributed by atoms with Gasteiger partial charge >= 0.3 is 0 Å². The summed E-state index contributed by atoms with van der Waals surface area (Å²) in [6.07, 6.45) is -1.27.